The number of rotatable bonds is 8. The number of benzene rings is 7. The molecule has 0 saturated carbocycles. The summed E-state index contributed by atoms with van der Waals surface area (Å²) >= 11 is 0. The van der Waals surface area contributed by atoms with Gasteiger partial charge in [0.05, 0.1) is 6.20 Å². The van der Waals surface area contributed by atoms with E-state index in [0.29, 0.717) is 29.0 Å². The quantitative estimate of drug-likeness (QED) is 0.154. The zero-order valence-electron chi connectivity index (χ0n) is 30.0. The molecule has 0 aliphatic heterocycles. The molecule has 56 heavy (non-hydrogen) atoms. The van der Waals surface area contributed by atoms with E-state index < -0.39 is 0 Å². The molecule has 0 saturated heterocycles. The first-order chi connectivity index (χ1) is 27.7. The van der Waals surface area contributed by atoms with E-state index in [0.717, 1.165) is 72.3 Å². The summed E-state index contributed by atoms with van der Waals surface area (Å²) in [7, 11) is 0. The zero-order valence-corrected chi connectivity index (χ0v) is 30.0. The molecular formula is C49H31N5O2. The molecule has 0 bridgehead atoms. The third-order valence-electron chi connectivity index (χ3n) is 9.68. The van der Waals surface area contributed by atoms with Crippen molar-refractivity contribution in [2.75, 3.05) is 0 Å². The van der Waals surface area contributed by atoms with Gasteiger partial charge in [0.25, 0.3) is 0 Å². The Morgan fingerprint density at radius 3 is 1.57 bits per heavy atom. The molecule has 0 fully saturated rings. The first-order valence-electron chi connectivity index (χ1n) is 18.3. The molecule has 10 aromatic rings. The maximum absolute atomic E-state index is 6.66. The summed E-state index contributed by atoms with van der Waals surface area (Å²) < 4.78 is 12.9. The molecule has 0 atom stereocenters. The predicted octanol–water partition coefficient (Wildman–Crippen LogP) is 12.4. The van der Waals surface area contributed by atoms with Crippen LogP contribution >= 0.6 is 0 Å². The Hall–Kier alpha value is -7.77. The highest BCUT2D eigenvalue weighted by atomic mass is 16.5. The van der Waals surface area contributed by atoms with Crippen LogP contribution in [-0.2, 0) is 0 Å². The van der Waals surface area contributed by atoms with Crippen LogP contribution in [0.2, 0.25) is 0 Å². The van der Waals surface area contributed by atoms with E-state index in [2.05, 4.69) is 42.5 Å². The van der Waals surface area contributed by atoms with Gasteiger partial charge < -0.3 is 9.15 Å². The highest BCUT2D eigenvalue weighted by Crippen LogP contribution is 2.39. The second-order valence-electron chi connectivity index (χ2n) is 13.3. The van der Waals surface area contributed by atoms with Crippen LogP contribution in [-0.4, -0.2) is 24.9 Å². The lowest BCUT2D eigenvalue weighted by atomic mass is 10.0. The molecule has 0 amide bonds. The lowest BCUT2D eigenvalue weighted by Crippen LogP contribution is -2.00. The van der Waals surface area contributed by atoms with Gasteiger partial charge in [-0.2, -0.15) is 0 Å². The molecule has 10 rings (SSSR count). The summed E-state index contributed by atoms with van der Waals surface area (Å²) in [6.07, 6.45) is 1.75. The largest absolute Gasteiger partial charge is 0.455 e. The van der Waals surface area contributed by atoms with Crippen LogP contribution in [0.25, 0.3) is 89.9 Å². The van der Waals surface area contributed by atoms with Gasteiger partial charge in [-0.25, -0.2) is 24.9 Å². The van der Waals surface area contributed by atoms with Crippen molar-refractivity contribution in [3.05, 3.63) is 188 Å². The maximum Gasteiger partial charge on any atom is 0.172 e. The number of hydrogen-bond donors (Lipinski definition) is 0. The van der Waals surface area contributed by atoms with E-state index in [-0.39, 0.29) is 0 Å². The monoisotopic (exact) mass is 721 g/mol. The Labute approximate surface area is 322 Å². The molecule has 0 spiro atoms. The van der Waals surface area contributed by atoms with E-state index in [9.17, 15) is 0 Å². The summed E-state index contributed by atoms with van der Waals surface area (Å²) in [6, 6.07) is 60.4. The summed E-state index contributed by atoms with van der Waals surface area (Å²) in [5.74, 6) is 3.72. The minimum atomic E-state index is 0.577. The van der Waals surface area contributed by atoms with E-state index >= 15 is 0 Å². The summed E-state index contributed by atoms with van der Waals surface area (Å²) in [4.78, 5) is 24.4. The summed E-state index contributed by atoms with van der Waals surface area (Å²) in [5, 5.41) is 2.05. The molecule has 3 heterocycles. The predicted molar refractivity (Wildman–Crippen MR) is 222 cm³/mol. The van der Waals surface area contributed by atoms with Gasteiger partial charge in [0, 0.05) is 44.2 Å². The summed E-state index contributed by atoms with van der Waals surface area (Å²) in [5.41, 5.74) is 8.81. The standard InChI is InChI=1S/C49H31N5O2/c1-5-14-33(15-6-1)44-43(55-38-20-11-4-12-21-38)31-50-46(51-44)36-26-24-32(25-27-36)39-22-13-23-41-40-29-28-37(30-42(40)56-45(39)41)49-53-47(34-16-7-2-8-17-34)52-48(54-49)35-18-9-3-10-19-35/h1-31H. The Morgan fingerprint density at radius 1 is 0.393 bits per heavy atom. The Balaban J connectivity index is 1.00. The van der Waals surface area contributed by atoms with Crippen LogP contribution in [0.4, 0.5) is 0 Å². The van der Waals surface area contributed by atoms with Crippen LogP contribution in [0.15, 0.2) is 193 Å². The van der Waals surface area contributed by atoms with Gasteiger partial charge in [0.1, 0.15) is 22.6 Å². The van der Waals surface area contributed by atoms with Crippen molar-refractivity contribution in [1.29, 1.82) is 0 Å². The van der Waals surface area contributed by atoms with Crippen molar-refractivity contribution in [3.8, 4) is 79.4 Å². The third kappa shape index (κ3) is 6.33. The van der Waals surface area contributed by atoms with Gasteiger partial charge in [-0.05, 0) is 29.8 Å². The fraction of sp³-hybridized carbons (Fsp3) is 0. The van der Waals surface area contributed by atoms with Gasteiger partial charge in [0.15, 0.2) is 29.0 Å². The van der Waals surface area contributed by atoms with Crippen molar-refractivity contribution >= 4 is 21.9 Å². The number of fused-ring (bicyclic) bond motifs is 3. The molecule has 0 unspecified atom stereocenters. The minimum Gasteiger partial charge on any atom is -0.455 e. The average molecular weight is 722 g/mol. The SMILES string of the molecule is c1ccc(Oc2cnc(-c3ccc(-c4cccc5c4oc4cc(-c6nc(-c7ccccc7)nc(-c7ccccc7)n6)ccc45)cc3)nc2-c2ccccc2)cc1. The van der Waals surface area contributed by atoms with Crippen molar-refractivity contribution in [3.63, 3.8) is 0 Å². The van der Waals surface area contributed by atoms with E-state index in [1.165, 1.54) is 0 Å². The summed E-state index contributed by atoms with van der Waals surface area (Å²) in [6.45, 7) is 0. The maximum atomic E-state index is 6.66. The van der Waals surface area contributed by atoms with Crippen LogP contribution < -0.4 is 4.74 Å². The normalized spacial score (nSPS) is 11.2. The van der Waals surface area contributed by atoms with Gasteiger partial charge in [-0.15, -0.1) is 0 Å². The van der Waals surface area contributed by atoms with Crippen molar-refractivity contribution < 1.29 is 9.15 Å². The zero-order chi connectivity index (χ0) is 37.3. The first-order valence-corrected chi connectivity index (χ1v) is 18.3. The highest BCUT2D eigenvalue weighted by Gasteiger charge is 2.18. The Kier molecular flexibility index (Phi) is 8.35. The van der Waals surface area contributed by atoms with Crippen molar-refractivity contribution in [2.45, 2.75) is 0 Å². The number of furan rings is 1. The number of para-hydroxylation sites is 2. The molecule has 0 N–H and O–H groups in total. The Bertz CT molecular complexity index is 2910. The second kappa shape index (κ2) is 14.2. The lowest BCUT2D eigenvalue weighted by molar-refractivity contribution is 0.480. The van der Waals surface area contributed by atoms with Crippen LogP contribution in [0.3, 0.4) is 0 Å². The average Bonchev–Trinajstić information content (AvgIpc) is 3.66. The van der Waals surface area contributed by atoms with Gasteiger partial charge in [-0.1, -0.05) is 158 Å². The Morgan fingerprint density at radius 2 is 0.929 bits per heavy atom. The highest BCUT2D eigenvalue weighted by molar-refractivity contribution is 6.10. The molecule has 7 heteroatoms. The van der Waals surface area contributed by atoms with Crippen molar-refractivity contribution in [1.82, 2.24) is 24.9 Å². The van der Waals surface area contributed by atoms with Crippen molar-refractivity contribution in [2.24, 2.45) is 0 Å². The van der Waals surface area contributed by atoms with Crippen LogP contribution in [0.1, 0.15) is 0 Å². The molecule has 264 valence electrons. The van der Waals surface area contributed by atoms with Crippen LogP contribution in [0.5, 0.6) is 11.5 Å². The van der Waals surface area contributed by atoms with E-state index in [1.807, 2.05) is 140 Å². The molecule has 7 nitrogen and oxygen atoms in total. The second-order valence-corrected chi connectivity index (χ2v) is 13.3. The fourth-order valence-corrected chi connectivity index (χ4v) is 6.90. The topological polar surface area (TPSA) is 86.8 Å². The molecule has 0 aliphatic carbocycles. The fourth-order valence-electron chi connectivity index (χ4n) is 6.90. The molecule has 3 aromatic heterocycles. The molecule has 0 radical (unpaired) electrons. The number of ether oxygens (including phenoxy) is 1. The molecule has 0 aliphatic rings. The third-order valence-corrected chi connectivity index (χ3v) is 9.68. The smallest absolute Gasteiger partial charge is 0.172 e. The van der Waals surface area contributed by atoms with Gasteiger partial charge in [-0.3, -0.25) is 0 Å². The first kappa shape index (κ1) is 32.8. The molecule has 7 aromatic carbocycles. The minimum absolute atomic E-state index is 0.577. The molecular weight excluding hydrogens is 691 g/mol. The number of aromatic nitrogens is 5. The lowest BCUT2D eigenvalue weighted by Gasteiger charge is -2.12. The van der Waals surface area contributed by atoms with E-state index in [4.69, 9.17) is 34.1 Å². The van der Waals surface area contributed by atoms with Gasteiger partial charge in [0.2, 0.25) is 0 Å². The van der Waals surface area contributed by atoms with Crippen LogP contribution in [0, 0.1) is 0 Å². The van der Waals surface area contributed by atoms with Gasteiger partial charge >= 0.3 is 0 Å². The number of nitrogens with zero attached hydrogens (tertiary/aromatic N) is 5. The number of hydrogen-bond acceptors (Lipinski definition) is 7. The van der Waals surface area contributed by atoms with E-state index in [1.54, 1.807) is 6.20 Å².